The zero-order chi connectivity index (χ0) is 41.2. The molecule has 4 N–H and O–H groups in total. The molecule has 0 aromatic carbocycles. The lowest BCUT2D eigenvalue weighted by atomic mass is 9.87. The molecule has 0 aliphatic carbocycles. The van der Waals surface area contributed by atoms with E-state index in [9.17, 15) is 28.8 Å². The zero-order valence-corrected chi connectivity index (χ0v) is 36.2. The minimum absolute atomic E-state index is 0. The quantitative estimate of drug-likeness (QED) is 0.0490. The van der Waals surface area contributed by atoms with Gasteiger partial charge in [-0.2, -0.15) is 0 Å². The first kappa shape index (κ1) is 58.1. The van der Waals surface area contributed by atoms with Gasteiger partial charge in [0, 0.05) is 11.8 Å². The highest BCUT2D eigenvalue weighted by Crippen LogP contribution is 2.28. The first-order chi connectivity index (χ1) is 25.2. The highest BCUT2D eigenvalue weighted by atomic mass is 16.6. The summed E-state index contributed by atoms with van der Waals surface area (Å²) in [6.07, 6.45) is 21.4. The van der Waals surface area contributed by atoms with Gasteiger partial charge in [0.25, 0.3) is 0 Å². The smallest absolute Gasteiger partial charge is 0.316 e. The second-order valence-corrected chi connectivity index (χ2v) is 15.2. The molecule has 1 aliphatic rings. The molecule has 0 bridgehead atoms. The van der Waals surface area contributed by atoms with Gasteiger partial charge in [-0.25, -0.2) is 0 Å². The van der Waals surface area contributed by atoms with Crippen LogP contribution in [0.2, 0.25) is 0 Å². The zero-order valence-electron chi connectivity index (χ0n) is 36.2. The van der Waals surface area contributed by atoms with Gasteiger partial charge in [0.05, 0.1) is 23.7 Å². The number of ketones is 1. The Morgan fingerprint density at radius 3 is 1.48 bits per heavy atom. The van der Waals surface area contributed by atoms with Gasteiger partial charge in [-0.15, -0.1) is 0 Å². The highest BCUT2D eigenvalue weighted by Gasteiger charge is 2.35. The second-order valence-electron chi connectivity index (χ2n) is 15.2. The fourth-order valence-corrected chi connectivity index (χ4v) is 6.20. The SMILES string of the molecule is CCCCC(C=O)CCCC.CCCCC(CC(C)CC)C(C)=O.CCCCC(CC(CC)C(=O)O)C(=O)O.CCCCC1CC(CC)C(=O)OC1=O.O. The summed E-state index contributed by atoms with van der Waals surface area (Å²) in [5.74, 6) is -1.78. The minimum atomic E-state index is -0.889. The van der Waals surface area contributed by atoms with Gasteiger partial charge in [0.1, 0.15) is 12.1 Å². The summed E-state index contributed by atoms with van der Waals surface area (Å²) in [6, 6.07) is 0. The molecule has 1 rings (SSSR count). The van der Waals surface area contributed by atoms with E-state index >= 15 is 0 Å². The van der Waals surface area contributed by atoms with Gasteiger partial charge in [-0.1, -0.05) is 133 Å². The number of carboxylic acids is 2. The molecule has 0 aromatic rings. The molecule has 54 heavy (non-hydrogen) atoms. The lowest BCUT2D eigenvalue weighted by Gasteiger charge is -2.25. The number of hydrogen-bond acceptors (Lipinski definition) is 7. The van der Waals surface area contributed by atoms with Crippen LogP contribution in [0.15, 0.2) is 0 Å². The van der Waals surface area contributed by atoms with E-state index in [2.05, 4.69) is 41.5 Å². The maximum Gasteiger partial charge on any atom is 0.316 e. The summed E-state index contributed by atoms with van der Waals surface area (Å²) in [7, 11) is 0. The fourth-order valence-electron chi connectivity index (χ4n) is 6.20. The number of Topliss-reactive ketones (excluding diaryl/α,β-unsaturated/α-hetero) is 1. The summed E-state index contributed by atoms with van der Waals surface area (Å²) in [4.78, 5) is 66.0. The molecule has 10 heteroatoms. The first-order valence-electron chi connectivity index (χ1n) is 21.3. The molecule has 1 fully saturated rings. The van der Waals surface area contributed by atoms with Crippen LogP contribution in [-0.2, 0) is 33.5 Å². The average Bonchev–Trinajstić information content (AvgIpc) is 3.13. The predicted molar refractivity (Wildman–Crippen MR) is 219 cm³/mol. The normalized spacial score (nSPS) is 17.0. The predicted octanol–water partition coefficient (Wildman–Crippen LogP) is 10.8. The number of rotatable bonds is 26. The Morgan fingerprint density at radius 2 is 1.11 bits per heavy atom. The van der Waals surface area contributed by atoms with E-state index in [0.29, 0.717) is 42.8 Å². The Labute approximate surface area is 330 Å². The van der Waals surface area contributed by atoms with E-state index in [1.54, 1.807) is 13.8 Å². The molecule has 1 heterocycles. The van der Waals surface area contributed by atoms with E-state index < -0.39 is 23.8 Å². The van der Waals surface area contributed by atoms with Crippen molar-refractivity contribution in [1.82, 2.24) is 0 Å². The van der Waals surface area contributed by atoms with Gasteiger partial charge < -0.3 is 25.2 Å². The molecule has 0 aromatic heterocycles. The van der Waals surface area contributed by atoms with Crippen molar-refractivity contribution in [3.63, 3.8) is 0 Å². The molecule has 6 atom stereocenters. The van der Waals surface area contributed by atoms with Crippen molar-refractivity contribution in [2.75, 3.05) is 0 Å². The topological polar surface area (TPSA) is 184 Å². The fraction of sp³-hybridized carbons (Fsp3) is 0.864. The standard InChI is InChI=1S/C12H24O.C11H20O4.C11H18O3.C10H20O.H2O/c1-5-7-8-12(11(4)13)9-10(3)6-2;1-3-5-6-9(11(14)15)7-8(4-2)10(12)13;1-3-5-6-9-7-8(4-2)10(12)14-11(9)13;1-3-5-7-10(9-11)8-6-4-2;/h10,12H,5-9H2,1-4H3;8-9H,3-7H2,1-2H3,(H,12,13)(H,14,15);8-9H,3-7H2,1-2H3;9-10H,3-8H2,1-2H3;1H2. The largest absolute Gasteiger partial charge is 0.481 e. The van der Waals surface area contributed by atoms with Crippen molar-refractivity contribution in [3.05, 3.63) is 0 Å². The van der Waals surface area contributed by atoms with Gasteiger partial charge in [0.15, 0.2) is 0 Å². The van der Waals surface area contributed by atoms with Gasteiger partial charge in [0.2, 0.25) is 0 Å². The van der Waals surface area contributed by atoms with Crippen molar-refractivity contribution in [2.45, 2.75) is 204 Å². The number of carbonyl (C=O) groups excluding carboxylic acids is 4. The van der Waals surface area contributed by atoms with Crippen LogP contribution in [-0.4, -0.2) is 51.6 Å². The van der Waals surface area contributed by atoms with Crippen LogP contribution < -0.4 is 0 Å². The molecule has 0 saturated carbocycles. The number of ether oxygens (including phenoxy) is 1. The van der Waals surface area contributed by atoms with Crippen LogP contribution in [0.1, 0.15) is 204 Å². The Hall–Kier alpha value is -2.62. The number of aldehydes is 1. The summed E-state index contributed by atoms with van der Waals surface area (Å²) in [5.41, 5.74) is 0. The molecular formula is C44H84O10. The third kappa shape index (κ3) is 30.7. The number of unbranched alkanes of at least 4 members (excludes halogenated alkanes) is 5. The molecule has 0 amide bonds. The molecule has 320 valence electrons. The van der Waals surface area contributed by atoms with E-state index in [4.69, 9.17) is 14.9 Å². The Balaban J connectivity index is -0.000000309. The summed E-state index contributed by atoms with van der Waals surface area (Å²) in [5, 5.41) is 17.8. The third-order valence-electron chi connectivity index (χ3n) is 10.4. The summed E-state index contributed by atoms with van der Waals surface area (Å²) in [6.45, 7) is 20.5. The lowest BCUT2D eigenvalue weighted by molar-refractivity contribution is -0.172. The highest BCUT2D eigenvalue weighted by molar-refractivity contribution is 5.90. The number of carboxylic acid groups (broad SMARTS) is 2. The maximum absolute atomic E-state index is 11.3. The number of hydrogen-bond donors (Lipinski definition) is 2. The van der Waals surface area contributed by atoms with Crippen LogP contribution in [0, 0.1) is 41.4 Å². The van der Waals surface area contributed by atoms with Gasteiger partial charge >= 0.3 is 23.9 Å². The molecule has 0 spiro atoms. The maximum atomic E-state index is 11.3. The number of cyclic esters (lactones) is 2. The first-order valence-corrected chi connectivity index (χ1v) is 21.3. The average molecular weight is 773 g/mol. The Kier molecular flexibility index (Phi) is 41.6. The van der Waals surface area contributed by atoms with Gasteiger partial charge in [-0.3, -0.25) is 24.0 Å². The van der Waals surface area contributed by atoms with Crippen molar-refractivity contribution in [3.8, 4) is 0 Å². The third-order valence-corrected chi connectivity index (χ3v) is 10.4. The molecule has 0 radical (unpaired) electrons. The molecule has 6 unspecified atom stereocenters. The van der Waals surface area contributed by atoms with Crippen molar-refractivity contribution in [1.29, 1.82) is 0 Å². The van der Waals surface area contributed by atoms with Crippen molar-refractivity contribution < 1.29 is 49.2 Å². The monoisotopic (exact) mass is 773 g/mol. The lowest BCUT2D eigenvalue weighted by Crippen LogP contribution is -2.34. The number of aliphatic carboxylic acids is 2. The van der Waals surface area contributed by atoms with Crippen molar-refractivity contribution >= 4 is 35.9 Å². The van der Waals surface area contributed by atoms with Crippen LogP contribution in [0.25, 0.3) is 0 Å². The number of carbonyl (C=O) groups is 6. The van der Waals surface area contributed by atoms with Crippen LogP contribution in [0.4, 0.5) is 0 Å². The van der Waals surface area contributed by atoms with Crippen LogP contribution in [0.5, 0.6) is 0 Å². The van der Waals surface area contributed by atoms with E-state index in [1.165, 1.54) is 44.9 Å². The summed E-state index contributed by atoms with van der Waals surface area (Å²) >= 11 is 0. The minimum Gasteiger partial charge on any atom is -0.481 e. The number of esters is 2. The van der Waals surface area contributed by atoms with E-state index in [0.717, 1.165) is 70.5 Å². The second kappa shape index (κ2) is 38.6. The van der Waals surface area contributed by atoms with Crippen LogP contribution in [0.3, 0.4) is 0 Å². The molecular weight excluding hydrogens is 688 g/mol. The van der Waals surface area contributed by atoms with E-state index in [-0.39, 0.29) is 35.7 Å². The summed E-state index contributed by atoms with van der Waals surface area (Å²) < 4.78 is 4.72. The molecule has 1 aliphatic heterocycles. The molecule has 10 nitrogen and oxygen atoms in total. The Bertz CT molecular complexity index is 957. The van der Waals surface area contributed by atoms with E-state index in [1.807, 2.05) is 13.8 Å². The van der Waals surface area contributed by atoms with Gasteiger partial charge in [-0.05, 0) is 77.0 Å². The molecule has 1 saturated heterocycles. The van der Waals surface area contributed by atoms with Crippen LogP contribution >= 0.6 is 0 Å². The Morgan fingerprint density at radius 1 is 0.667 bits per heavy atom. The van der Waals surface area contributed by atoms with Crippen molar-refractivity contribution in [2.24, 2.45) is 41.4 Å².